The second-order valence-corrected chi connectivity index (χ2v) is 5.57. The Morgan fingerprint density at radius 1 is 1.29 bits per heavy atom. The predicted octanol–water partition coefficient (Wildman–Crippen LogP) is 2.65. The summed E-state index contributed by atoms with van der Waals surface area (Å²) in [7, 11) is 1.37. The summed E-state index contributed by atoms with van der Waals surface area (Å²) in [6.45, 7) is 6.69. The van der Waals surface area contributed by atoms with E-state index < -0.39 is 0 Å². The fraction of sp³-hybridized carbons (Fsp3) is 0.529. The van der Waals surface area contributed by atoms with E-state index in [4.69, 9.17) is 4.74 Å². The highest BCUT2D eigenvalue weighted by molar-refractivity contribution is 6.00. The monoisotopic (exact) mass is 289 g/mol. The van der Waals surface area contributed by atoms with Crippen LogP contribution in [0.25, 0.3) is 0 Å². The first-order valence-corrected chi connectivity index (χ1v) is 7.52. The molecule has 114 valence electrons. The number of esters is 1. The summed E-state index contributed by atoms with van der Waals surface area (Å²) in [5.74, 6) is -0.633. The minimum atomic E-state index is -0.349. The van der Waals surface area contributed by atoms with Crippen LogP contribution in [0.1, 0.15) is 37.0 Å². The van der Waals surface area contributed by atoms with E-state index in [2.05, 4.69) is 32.9 Å². The van der Waals surface area contributed by atoms with Crippen LogP contribution in [0, 0.1) is 12.8 Å². The van der Waals surface area contributed by atoms with E-state index in [9.17, 15) is 9.59 Å². The average Bonchev–Trinajstić information content (AvgIpc) is 2.86. The summed E-state index contributed by atoms with van der Waals surface area (Å²) in [6.07, 6.45) is 1.99. The first-order valence-electron chi connectivity index (χ1n) is 7.52. The molecule has 1 atom stereocenters. The summed E-state index contributed by atoms with van der Waals surface area (Å²) in [5.41, 5.74) is 4.56. The number of aryl methyl sites for hydroxylation is 3. The van der Waals surface area contributed by atoms with Gasteiger partial charge in [0.2, 0.25) is 5.91 Å². The second-order valence-electron chi connectivity index (χ2n) is 5.57. The molecule has 0 saturated carbocycles. The van der Waals surface area contributed by atoms with Gasteiger partial charge in [0.25, 0.3) is 0 Å². The number of rotatable bonds is 4. The Kier molecular flexibility index (Phi) is 4.66. The van der Waals surface area contributed by atoms with Crippen molar-refractivity contribution < 1.29 is 14.3 Å². The lowest BCUT2D eigenvalue weighted by Crippen LogP contribution is -2.28. The van der Waals surface area contributed by atoms with Crippen LogP contribution >= 0.6 is 0 Å². The lowest BCUT2D eigenvalue weighted by atomic mass is 9.98. The minimum absolute atomic E-state index is 0.0126. The van der Waals surface area contributed by atoms with Crippen molar-refractivity contribution in [1.82, 2.24) is 0 Å². The first-order chi connectivity index (χ1) is 10.0. The average molecular weight is 289 g/mol. The maximum atomic E-state index is 12.3. The number of benzene rings is 1. The maximum Gasteiger partial charge on any atom is 0.311 e. The number of methoxy groups -OCH3 is 1. The molecule has 4 nitrogen and oxygen atoms in total. The predicted molar refractivity (Wildman–Crippen MR) is 82.4 cm³/mol. The molecule has 0 spiro atoms. The Balaban J connectivity index is 2.42. The van der Waals surface area contributed by atoms with Crippen LogP contribution in [-0.2, 0) is 27.2 Å². The van der Waals surface area contributed by atoms with E-state index in [1.165, 1.54) is 23.8 Å². The molecule has 1 saturated heterocycles. The minimum Gasteiger partial charge on any atom is -0.469 e. The van der Waals surface area contributed by atoms with Gasteiger partial charge in [-0.25, -0.2) is 0 Å². The number of ether oxygens (including phenoxy) is 1. The topological polar surface area (TPSA) is 46.6 Å². The SMILES string of the molecule is CCc1cc(C)cc(CC)c1N1CC(C(=O)OC)CC1=O. The molecule has 1 unspecified atom stereocenters. The molecule has 0 bridgehead atoms. The Hall–Kier alpha value is -1.84. The zero-order chi connectivity index (χ0) is 15.6. The van der Waals surface area contributed by atoms with Crippen molar-refractivity contribution in [3.8, 4) is 0 Å². The van der Waals surface area contributed by atoms with Crippen molar-refractivity contribution >= 4 is 17.6 Å². The van der Waals surface area contributed by atoms with Gasteiger partial charge in [-0.1, -0.05) is 31.5 Å². The van der Waals surface area contributed by atoms with Crippen LogP contribution < -0.4 is 4.90 Å². The van der Waals surface area contributed by atoms with Gasteiger partial charge in [-0.15, -0.1) is 0 Å². The summed E-state index contributed by atoms with van der Waals surface area (Å²) >= 11 is 0. The van der Waals surface area contributed by atoms with Gasteiger partial charge in [0.1, 0.15) is 0 Å². The molecule has 0 N–H and O–H groups in total. The van der Waals surface area contributed by atoms with Crippen molar-refractivity contribution in [1.29, 1.82) is 0 Å². The van der Waals surface area contributed by atoms with Crippen molar-refractivity contribution in [3.05, 3.63) is 28.8 Å². The number of hydrogen-bond donors (Lipinski definition) is 0. The maximum absolute atomic E-state index is 12.3. The Morgan fingerprint density at radius 3 is 2.33 bits per heavy atom. The third-order valence-electron chi connectivity index (χ3n) is 4.10. The molecule has 0 aromatic heterocycles. The Labute approximate surface area is 126 Å². The number of carbonyl (C=O) groups is 2. The number of hydrogen-bond acceptors (Lipinski definition) is 3. The summed E-state index contributed by atoms with van der Waals surface area (Å²) < 4.78 is 4.78. The van der Waals surface area contributed by atoms with Gasteiger partial charge in [0.15, 0.2) is 0 Å². The van der Waals surface area contributed by atoms with Crippen LogP contribution in [0.5, 0.6) is 0 Å². The van der Waals surface area contributed by atoms with Crippen LogP contribution in [0.3, 0.4) is 0 Å². The summed E-state index contributed by atoms with van der Waals surface area (Å²) in [5, 5.41) is 0. The molecule has 1 fully saturated rings. The van der Waals surface area contributed by atoms with Crippen LogP contribution in [-0.4, -0.2) is 25.5 Å². The molecule has 1 aliphatic rings. The zero-order valence-electron chi connectivity index (χ0n) is 13.2. The number of nitrogens with zero attached hydrogens (tertiary/aromatic N) is 1. The van der Waals surface area contributed by atoms with Crippen molar-refractivity contribution in [2.75, 3.05) is 18.6 Å². The van der Waals surface area contributed by atoms with Crippen molar-refractivity contribution in [2.24, 2.45) is 5.92 Å². The molecule has 0 aliphatic carbocycles. The number of carbonyl (C=O) groups excluding carboxylic acids is 2. The molecule has 21 heavy (non-hydrogen) atoms. The highest BCUT2D eigenvalue weighted by Gasteiger charge is 2.37. The largest absolute Gasteiger partial charge is 0.469 e. The van der Waals surface area contributed by atoms with E-state index in [-0.39, 0.29) is 24.2 Å². The van der Waals surface area contributed by atoms with Gasteiger partial charge in [-0.2, -0.15) is 0 Å². The third kappa shape index (κ3) is 2.94. The van der Waals surface area contributed by atoms with Crippen LogP contribution in [0.4, 0.5) is 5.69 Å². The van der Waals surface area contributed by atoms with Gasteiger partial charge in [-0.3, -0.25) is 9.59 Å². The van der Waals surface area contributed by atoms with Gasteiger partial charge < -0.3 is 9.64 Å². The molecule has 1 aliphatic heterocycles. The zero-order valence-corrected chi connectivity index (χ0v) is 13.2. The molecule has 2 rings (SSSR count). The summed E-state index contributed by atoms with van der Waals surface area (Å²) in [4.78, 5) is 25.8. The van der Waals surface area contributed by atoms with Gasteiger partial charge >= 0.3 is 5.97 Å². The highest BCUT2D eigenvalue weighted by Crippen LogP contribution is 2.33. The lowest BCUT2D eigenvalue weighted by Gasteiger charge is -2.24. The molecule has 1 amide bonds. The molecule has 1 heterocycles. The number of anilines is 1. The first kappa shape index (κ1) is 15.5. The van der Waals surface area contributed by atoms with Crippen LogP contribution in [0.15, 0.2) is 12.1 Å². The lowest BCUT2D eigenvalue weighted by molar-refractivity contribution is -0.145. The normalized spacial score (nSPS) is 18.2. The fourth-order valence-corrected chi connectivity index (χ4v) is 3.07. The molecule has 0 radical (unpaired) electrons. The standard InChI is InChI=1S/C17H23NO3/c1-5-12-7-11(3)8-13(6-2)16(12)18-10-14(9-15(18)19)17(20)21-4/h7-8,14H,5-6,9-10H2,1-4H3. The quantitative estimate of drug-likeness (QED) is 0.801. The second kappa shape index (κ2) is 6.29. The third-order valence-corrected chi connectivity index (χ3v) is 4.10. The highest BCUT2D eigenvalue weighted by atomic mass is 16.5. The van der Waals surface area contributed by atoms with Gasteiger partial charge in [0, 0.05) is 13.0 Å². The van der Waals surface area contributed by atoms with E-state index in [1.54, 1.807) is 4.90 Å². The molecule has 1 aromatic rings. The van der Waals surface area contributed by atoms with E-state index in [0.717, 1.165) is 18.5 Å². The smallest absolute Gasteiger partial charge is 0.311 e. The van der Waals surface area contributed by atoms with Crippen LogP contribution in [0.2, 0.25) is 0 Å². The Morgan fingerprint density at radius 2 is 1.86 bits per heavy atom. The Bertz CT molecular complexity index is 540. The van der Waals surface area contributed by atoms with E-state index in [0.29, 0.717) is 6.54 Å². The summed E-state index contributed by atoms with van der Waals surface area (Å²) in [6, 6.07) is 4.26. The molecule has 1 aromatic carbocycles. The van der Waals surface area contributed by atoms with E-state index in [1.807, 2.05) is 0 Å². The molecular weight excluding hydrogens is 266 g/mol. The van der Waals surface area contributed by atoms with Crippen molar-refractivity contribution in [2.45, 2.75) is 40.0 Å². The number of amides is 1. The molecule has 4 heteroatoms. The fourth-order valence-electron chi connectivity index (χ4n) is 3.07. The van der Waals surface area contributed by atoms with Gasteiger partial charge in [-0.05, 0) is 30.9 Å². The molecular formula is C17H23NO3. The van der Waals surface area contributed by atoms with E-state index >= 15 is 0 Å². The van der Waals surface area contributed by atoms with Gasteiger partial charge in [0.05, 0.1) is 18.7 Å². The van der Waals surface area contributed by atoms with Crippen molar-refractivity contribution in [3.63, 3.8) is 0 Å².